The van der Waals surface area contributed by atoms with Gasteiger partial charge in [0.25, 0.3) is 0 Å². The number of hydrogen-bond donors (Lipinski definition) is 2. The number of hydrogen-bond acceptors (Lipinski definition) is 2. The molecule has 0 saturated carbocycles. The molecule has 112 valence electrons. The zero-order valence-corrected chi connectivity index (χ0v) is 12.5. The first-order valence-corrected chi connectivity index (χ1v) is 7.00. The maximum atomic E-state index is 12.4. The Labute approximate surface area is 128 Å². The number of benzene rings is 2. The smallest absolute Gasteiger partial charge is 0.416 e. The Morgan fingerprint density at radius 1 is 0.952 bits per heavy atom. The zero-order valence-electron chi connectivity index (χ0n) is 10.9. The third-order valence-corrected chi connectivity index (χ3v) is 3.59. The molecule has 2 aromatic rings. The minimum Gasteiger partial charge on any atom is -0.507 e. The summed E-state index contributed by atoms with van der Waals surface area (Å²) in [7, 11) is 0. The van der Waals surface area contributed by atoms with Crippen LogP contribution in [0.15, 0.2) is 46.9 Å². The van der Waals surface area contributed by atoms with Crippen molar-refractivity contribution in [3.05, 3.63) is 63.6 Å². The van der Waals surface area contributed by atoms with Gasteiger partial charge >= 0.3 is 6.18 Å². The van der Waals surface area contributed by atoms with Crippen molar-refractivity contribution in [3.8, 4) is 5.75 Å². The van der Waals surface area contributed by atoms with Crippen molar-refractivity contribution in [2.75, 3.05) is 0 Å². The van der Waals surface area contributed by atoms with Gasteiger partial charge in [-0.3, -0.25) is 0 Å². The van der Waals surface area contributed by atoms with E-state index in [0.717, 1.165) is 23.3 Å². The molecule has 2 nitrogen and oxygen atoms in total. The highest BCUT2D eigenvalue weighted by Crippen LogP contribution is 2.29. The molecule has 0 radical (unpaired) electrons. The highest BCUT2D eigenvalue weighted by Gasteiger charge is 2.29. The molecule has 0 bridgehead atoms. The molecule has 21 heavy (non-hydrogen) atoms. The largest absolute Gasteiger partial charge is 0.507 e. The third kappa shape index (κ3) is 4.47. The van der Waals surface area contributed by atoms with Crippen molar-refractivity contribution in [2.45, 2.75) is 19.3 Å². The molecule has 0 amide bonds. The van der Waals surface area contributed by atoms with Gasteiger partial charge in [0.2, 0.25) is 0 Å². The summed E-state index contributed by atoms with van der Waals surface area (Å²) in [6.07, 6.45) is -4.30. The Kier molecular flexibility index (Phi) is 4.90. The lowest BCUT2D eigenvalue weighted by atomic mass is 10.1. The first-order valence-electron chi connectivity index (χ1n) is 6.20. The fourth-order valence-corrected chi connectivity index (χ4v) is 2.25. The van der Waals surface area contributed by atoms with Gasteiger partial charge < -0.3 is 10.4 Å². The fraction of sp³-hybridized carbons (Fsp3) is 0.200. The van der Waals surface area contributed by atoms with E-state index in [2.05, 4.69) is 21.2 Å². The van der Waals surface area contributed by atoms with Gasteiger partial charge in [0.05, 0.1) is 10.0 Å². The van der Waals surface area contributed by atoms with Crippen molar-refractivity contribution in [1.29, 1.82) is 0 Å². The van der Waals surface area contributed by atoms with Gasteiger partial charge in [-0.15, -0.1) is 0 Å². The number of phenolic OH excluding ortho intramolecular Hbond substituents is 1. The van der Waals surface area contributed by atoms with Crippen LogP contribution in [0, 0.1) is 0 Å². The molecule has 0 spiro atoms. The van der Waals surface area contributed by atoms with E-state index >= 15 is 0 Å². The van der Waals surface area contributed by atoms with Crippen molar-refractivity contribution in [3.63, 3.8) is 0 Å². The van der Waals surface area contributed by atoms with E-state index in [9.17, 15) is 18.3 Å². The molecule has 2 N–H and O–H groups in total. The summed E-state index contributed by atoms with van der Waals surface area (Å²) in [6, 6.07) is 10.2. The van der Waals surface area contributed by atoms with Crippen molar-refractivity contribution < 1.29 is 18.3 Å². The average Bonchev–Trinajstić information content (AvgIpc) is 2.42. The first-order chi connectivity index (χ1) is 9.86. The van der Waals surface area contributed by atoms with Crippen LogP contribution in [0.5, 0.6) is 5.75 Å². The Balaban J connectivity index is 1.90. The molecule has 2 rings (SSSR count). The molecule has 2 aromatic carbocycles. The maximum absolute atomic E-state index is 12.4. The highest BCUT2D eigenvalue weighted by atomic mass is 79.9. The maximum Gasteiger partial charge on any atom is 0.416 e. The van der Waals surface area contributed by atoms with Crippen LogP contribution in [0.4, 0.5) is 13.2 Å². The minimum absolute atomic E-state index is 0.168. The molecule has 0 aliphatic rings. The van der Waals surface area contributed by atoms with Crippen molar-refractivity contribution >= 4 is 15.9 Å². The Bertz CT molecular complexity index is 611. The van der Waals surface area contributed by atoms with Crippen LogP contribution in [0.25, 0.3) is 0 Å². The predicted octanol–water partition coefficient (Wildman–Crippen LogP) is 4.46. The second-order valence-corrected chi connectivity index (χ2v) is 5.44. The lowest BCUT2D eigenvalue weighted by molar-refractivity contribution is -0.137. The molecular weight excluding hydrogens is 347 g/mol. The van der Waals surface area contributed by atoms with Gasteiger partial charge in [0.1, 0.15) is 5.75 Å². The SMILES string of the molecule is Oc1ccc(CNCc2ccc(C(F)(F)F)cc2)cc1Br. The van der Waals surface area contributed by atoms with Crippen LogP contribution in [0.1, 0.15) is 16.7 Å². The normalized spacial score (nSPS) is 11.6. The zero-order chi connectivity index (χ0) is 15.5. The van der Waals surface area contributed by atoms with E-state index < -0.39 is 11.7 Å². The number of alkyl halides is 3. The third-order valence-electron chi connectivity index (χ3n) is 2.95. The Hall–Kier alpha value is -1.53. The van der Waals surface area contributed by atoms with E-state index in [1.807, 2.05) is 0 Å². The van der Waals surface area contributed by atoms with Gasteiger partial charge in [0.15, 0.2) is 0 Å². The van der Waals surface area contributed by atoms with Crippen LogP contribution in [0.2, 0.25) is 0 Å². The van der Waals surface area contributed by atoms with Gasteiger partial charge in [-0.25, -0.2) is 0 Å². The average molecular weight is 360 g/mol. The van der Waals surface area contributed by atoms with Crippen LogP contribution >= 0.6 is 15.9 Å². The van der Waals surface area contributed by atoms with Crippen molar-refractivity contribution in [1.82, 2.24) is 5.32 Å². The monoisotopic (exact) mass is 359 g/mol. The summed E-state index contributed by atoms with van der Waals surface area (Å²) in [5.74, 6) is 0.168. The summed E-state index contributed by atoms with van der Waals surface area (Å²) in [4.78, 5) is 0. The molecular formula is C15H13BrF3NO. The molecule has 0 aliphatic heterocycles. The van der Waals surface area contributed by atoms with Gasteiger partial charge in [0, 0.05) is 13.1 Å². The molecule has 0 atom stereocenters. The van der Waals surface area contributed by atoms with E-state index in [0.29, 0.717) is 17.6 Å². The van der Waals surface area contributed by atoms with E-state index in [1.165, 1.54) is 12.1 Å². The van der Waals surface area contributed by atoms with Crippen LogP contribution in [0.3, 0.4) is 0 Å². The Morgan fingerprint density at radius 2 is 1.52 bits per heavy atom. The van der Waals surface area contributed by atoms with E-state index in [-0.39, 0.29) is 5.75 Å². The molecule has 0 unspecified atom stereocenters. The van der Waals surface area contributed by atoms with Gasteiger partial charge in [-0.05, 0) is 51.3 Å². The molecule has 0 aromatic heterocycles. The standard InChI is InChI=1S/C15H13BrF3NO/c16-13-7-11(3-6-14(13)21)9-20-8-10-1-4-12(5-2-10)15(17,18)19/h1-7,20-21H,8-9H2. The second kappa shape index (κ2) is 6.49. The highest BCUT2D eigenvalue weighted by molar-refractivity contribution is 9.10. The van der Waals surface area contributed by atoms with Gasteiger partial charge in [-0.1, -0.05) is 18.2 Å². The van der Waals surface area contributed by atoms with E-state index in [1.54, 1.807) is 18.2 Å². The lowest BCUT2D eigenvalue weighted by Crippen LogP contribution is -2.13. The van der Waals surface area contributed by atoms with Crippen LogP contribution < -0.4 is 5.32 Å². The molecule has 6 heteroatoms. The topological polar surface area (TPSA) is 32.3 Å². The fourth-order valence-electron chi connectivity index (χ4n) is 1.82. The summed E-state index contributed by atoms with van der Waals surface area (Å²) in [5.41, 5.74) is 1.10. The van der Waals surface area contributed by atoms with Crippen molar-refractivity contribution in [2.24, 2.45) is 0 Å². The number of halogens is 4. The molecule has 0 saturated heterocycles. The summed E-state index contributed by atoms with van der Waals surface area (Å²) < 4.78 is 37.9. The summed E-state index contributed by atoms with van der Waals surface area (Å²) in [6.45, 7) is 1.02. The molecule has 0 aliphatic carbocycles. The second-order valence-electron chi connectivity index (χ2n) is 4.58. The first kappa shape index (κ1) is 15.9. The Morgan fingerprint density at radius 3 is 2.10 bits per heavy atom. The van der Waals surface area contributed by atoms with Crippen LogP contribution in [-0.2, 0) is 19.3 Å². The van der Waals surface area contributed by atoms with Crippen LogP contribution in [-0.4, -0.2) is 5.11 Å². The summed E-state index contributed by atoms with van der Waals surface area (Å²) >= 11 is 3.23. The van der Waals surface area contributed by atoms with E-state index in [4.69, 9.17) is 0 Å². The number of nitrogens with one attached hydrogen (secondary N) is 1. The van der Waals surface area contributed by atoms with Gasteiger partial charge in [-0.2, -0.15) is 13.2 Å². The lowest BCUT2D eigenvalue weighted by Gasteiger charge is -2.09. The quantitative estimate of drug-likeness (QED) is 0.844. The number of rotatable bonds is 4. The predicted molar refractivity (Wildman–Crippen MR) is 77.8 cm³/mol. The minimum atomic E-state index is -4.30. The summed E-state index contributed by atoms with van der Waals surface area (Å²) in [5, 5.41) is 12.5. The molecule has 0 heterocycles. The number of aromatic hydroxyl groups is 1. The number of phenols is 1. The molecule has 0 fully saturated rings.